The number of rotatable bonds is 2. The summed E-state index contributed by atoms with van der Waals surface area (Å²) in [5, 5.41) is 18.5. The van der Waals surface area contributed by atoms with Crippen molar-refractivity contribution in [2.24, 2.45) is 0 Å². The van der Waals surface area contributed by atoms with Crippen LogP contribution in [-0.2, 0) is 0 Å². The van der Waals surface area contributed by atoms with E-state index in [1.165, 1.54) is 11.3 Å². The molecule has 0 spiro atoms. The van der Waals surface area contributed by atoms with Crippen molar-refractivity contribution in [2.75, 3.05) is 0 Å². The minimum absolute atomic E-state index is 0.617. The van der Waals surface area contributed by atoms with Gasteiger partial charge in [0.25, 0.3) is 0 Å². The van der Waals surface area contributed by atoms with E-state index in [-0.39, 0.29) is 0 Å². The van der Waals surface area contributed by atoms with Gasteiger partial charge in [-0.15, -0.1) is 24.2 Å². The first-order valence-corrected chi connectivity index (χ1v) is 4.38. The SMILES string of the molecule is C#CC(O)c1ccc(C(O)C#C)s1. The molecule has 2 unspecified atom stereocenters. The first kappa shape index (κ1) is 9.83. The van der Waals surface area contributed by atoms with Gasteiger partial charge in [0.15, 0.2) is 0 Å². The van der Waals surface area contributed by atoms with E-state index in [1.807, 2.05) is 0 Å². The highest BCUT2D eigenvalue weighted by Gasteiger charge is 2.11. The van der Waals surface area contributed by atoms with Crippen molar-refractivity contribution >= 4 is 11.3 Å². The Morgan fingerprint density at radius 2 is 1.46 bits per heavy atom. The van der Waals surface area contributed by atoms with Crippen LogP contribution in [0.3, 0.4) is 0 Å². The molecule has 1 aromatic rings. The maximum Gasteiger partial charge on any atom is 0.149 e. The lowest BCUT2D eigenvalue weighted by Crippen LogP contribution is -1.89. The number of hydrogen-bond donors (Lipinski definition) is 2. The lowest BCUT2D eigenvalue weighted by Gasteiger charge is -1.98. The van der Waals surface area contributed by atoms with E-state index in [9.17, 15) is 10.2 Å². The molecule has 66 valence electrons. The monoisotopic (exact) mass is 192 g/mol. The number of hydrogen-bond acceptors (Lipinski definition) is 3. The number of terminal acetylenes is 2. The molecule has 0 radical (unpaired) electrons. The molecular weight excluding hydrogens is 184 g/mol. The van der Waals surface area contributed by atoms with Crippen LogP contribution in [0, 0.1) is 24.7 Å². The number of aliphatic hydroxyl groups is 2. The average molecular weight is 192 g/mol. The summed E-state index contributed by atoms with van der Waals surface area (Å²) in [5.74, 6) is 4.37. The molecule has 2 nitrogen and oxygen atoms in total. The van der Waals surface area contributed by atoms with Crippen LogP contribution in [0.2, 0.25) is 0 Å². The topological polar surface area (TPSA) is 40.5 Å². The maximum absolute atomic E-state index is 9.24. The van der Waals surface area contributed by atoms with E-state index < -0.39 is 12.2 Å². The van der Waals surface area contributed by atoms with Gasteiger partial charge >= 0.3 is 0 Å². The van der Waals surface area contributed by atoms with Crippen molar-refractivity contribution in [2.45, 2.75) is 12.2 Å². The second-order valence-electron chi connectivity index (χ2n) is 2.38. The van der Waals surface area contributed by atoms with Crippen molar-refractivity contribution in [1.29, 1.82) is 0 Å². The van der Waals surface area contributed by atoms with Crippen LogP contribution in [0.1, 0.15) is 22.0 Å². The smallest absolute Gasteiger partial charge is 0.149 e. The molecular formula is C10H8O2S. The van der Waals surface area contributed by atoms with Crippen LogP contribution in [-0.4, -0.2) is 10.2 Å². The van der Waals surface area contributed by atoms with E-state index in [4.69, 9.17) is 12.8 Å². The minimum Gasteiger partial charge on any atom is -0.375 e. The summed E-state index contributed by atoms with van der Waals surface area (Å²) < 4.78 is 0. The fourth-order valence-electron chi connectivity index (χ4n) is 0.827. The highest BCUT2D eigenvalue weighted by atomic mass is 32.1. The first-order valence-electron chi connectivity index (χ1n) is 3.57. The van der Waals surface area contributed by atoms with E-state index in [2.05, 4.69) is 11.8 Å². The van der Waals surface area contributed by atoms with Gasteiger partial charge in [-0.2, -0.15) is 0 Å². The zero-order valence-corrected chi connectivity index (χ0v) is 7.58. The molecule has 2 atom stereocenters. The van der Waals surface area contributed by atoms with E-state index in [1.54, 1.807) is 12.1 Å². The second kappa shape index (κ2) is 4.11. The van der Waals surface area contributed by atoms with Crippen molar-refractivity contribution in [3.63, 3.8) is 0 Å². The van der Waals surface area contributed by atoms with Gasteiger partial charge in [-0.25, -0.2) is 0 Å². The van der Waals surface area contributed by atoms with Gasteiger partial charge in [0.1, 0.15) is 12.2 Å². The lowest BCUT2D eigenvalue weighted by molar-refractivity contribution is 0.241. The zero-order valence-electron chi connectivity index (χ0n) is 6.77. The average Bonchev–Trinajstić information content (AvgIpc) is 2.64. The Kier molecular flexibility index (Phi) is 3.11. The molecule has 0 amide bonds. The van der Waals surface area contributed by atoms with Gasteiger partial charge in [0.2, 0.25) is 0 Å². The second-order valence-corrected chi connectivity index (χ2v) is 3.53. The van der Waals surface area contributed by atoms with E-state index >= 15 is 0 Å². The fraction of sp³-hybridized carbons (Fsp3) is 0.200. The van der Waals surface area contributed by atoms with E-state index in [0.29, 0.717) is 9.75 Å². The van der Waals surface area contributed by atoms with Crippen molar-refractivity contribution in [1.82, 2.24) is 0 Å². The molecule has 0 aliphatic rings. The molecule has 13 heavy (non-hydrogen) atoms. The molecule has 1 aromatic heterocycles. The zero-order chi connectivity index (χ0) is 9.84. The number of thiophene rings is 1. The van der Waals surface area contributed by atoms with Crippen molar-refractivity contribution in [3.8, 4) is 24.7 Å². The molecule has 0 bridgehead atoms. The third kappa shape index (κ3) is 2.11. The Balaban J connectivity index is 2.89. The summed E-state index contributed by atoms with van der Waals surface area (Å²) in [6.07, 6.45) is 8.23. The van der Waals surface area contributed by atoms with Gasteiger partial charge in [0, 0.05) is 9.75 Å². The standard InChI is InChI=1S/C10H8O2S/c1-3-7(11)9-5-6-10(13-9)8(12)4-2/h1-2,5-8,11-12H. The molecule has 3 heteroatoms. The fourth-order valence-corrected chi connectivity index (χ4v) is 1.73. The molecule has 0 saturated carbocycles. The van der Waals surface area contributed by atoms with Crippen LogP contribution < -0.4 is 0 Å². The molecule has 0 fully saturated rings. The molecule has 2 N–H and O–H groups in total. The summed E-state index contributed by atoms with van der Waals surface area (Å²) in [5.41, 5.74) is 0. The lowest BCUT2D eigenvalue weighted by atomic mass is 10.3. The van der Waals surface area contributed by atoms with Gasteiger partial charge in [0.05, 0.1) is 0 Å². The Morgan fingerprint density at radius 1 is 1.08 bits per heavy atom. The summed E-state index contributed by atoms with van der Waals surface area (Å²) in [6, 6.07) is 3.32. The first-order chi connectivity index (χ1) is 6.19. The van der Waals surface area contributed by atoms with E-state index in [0.717, 1.165) is 0 Å². The maximum atomic E-state index is 9.24. The predicted molar refractivity (Wildman–Crippen MR) is 51.9 cm³/mol. The Morgan fingerprint density at radius 3 is 1.77 bits per heavy atom. The van der Waals surface area contributed by atoms with Gasteiger partial charge in [-0.1, -0.05) is 11.8 Å². The molecule has 1 heterocycles. The van der Waals surface area contributed by atoms with Crippen LogP contribution in [0.15, 0.2) is 12.1 Å². The summed E-state index contributed by atoms with van der Waals surface area (Å²) in [4.78, 5) is 1.23. The highest BCUT2D eigenvalue weighted by molar-refractivity contribution is 7.12. The summed E-state index contributed by atoms with van der Waals surface area (Å²) in [7, 11) is 0. The van der Waals surface area contributed by atoms with Gasteiger partial charge < -0.3 is 10.2 Å². The number of aliphatic hydroxyl groups excluding tert-OH is 2. The van der Waals surface area contributed by atoms with Crippen molar-refractivity contribution in [3.05, 3.63) is 21.9 Å². The molecule has 0 aliphatic heterocycles. The quantitative estimate of drug-likeness (QED) is 0.688. The Bertz CT molecular complexity index is 333. The Hall–Kier alpha value is -1.26. The van der Waals surface area contributed by atoms with Gasteiger partial charge in [-0.3, -0.25) is 0 Å². The van der Waals surface area contributed by atoms with Crippen LogP contribution >= 0.6 is 11.3 Å². The van der Waals surface area contributed by atoms with Crippen molar-refractivity contribution < 1.29 is 10.2 Å². The molecule has 1 rings (SSSR count). The highest BCUT2D eigenvalue weighted by Crippen LogP contribution is 2.26. The molecule has 0 aromatic carbocycles. The third-order valence-electron chi connectivity index (χ3n) is 1.50. The van der Waals surface area contributed by atoms with Crippen LogP contribution in [0.5, 0.6) is 0 Å². The molecule has 0 aliphatic carbocycles. The third-order valence-corrected chi connectivity index (χ3v) is 2.69. The minimum atomic E-state index is -0.913. The van der Waals surface area contributed by atoms with Gasteiger partial charge in [-0.05, 0) is 12.1 Å². The summed E-state index contributed by atoms with van der Waals surface area (Å²) >= 11 is 1.21. The normalized spacial score (nSPS) is 14.2. The molecule has 0 saturated heterocycles. The summed E-state index contributed by atoms with van der Waals surface area (Å²) in [6.45, 7) is 0. The van der Waals surface area contributed by atoms with Crippen LogP contribution in [0.25, 0.3) is 0 Å². The predicted octanol–water partition coefficient (Wildman–Crippen LogP) is 1.08. The largest absolute Gasteiger partial charge is 0.375 e. The van der Waals surface area contributed by atoms with Crippen LogP contribution in [0.4, 0.5) is 0 Å². The Labute approximate surface area is 80.8 Å².